The molecule has 0 fully saturated rings. The van der Waals surface area contributed by atoms with Crippen molar-refractivity contribution in [3.05, 3.63) is 0 Å². The standard InChI is InChI=1S/2Cs.IO2P/c;;1-4(2)3/q2*+1;-2. The molecule has 0 radical (unpaired) electrons. The summed E-state index contributed by atoms with van der Waals surface area (Å²) in [6.07, 6.45) is 0. The van der Waals surface area contributed by atoms with Crippen LogP contribution >= 0.6 is 28.1 Å². The summed E-state index contributed by atoms with van der Waals surface area (Å²) >= 11 is 1.30. The smallest absolute Gasteiger partial charge is 0.834 e. The minimum Gasteiger partial charge on any atom is -0.834 e. The van der Waals surface area contributed by atoms with E-state index in [9.17, 15) is 0 Å². The Morgan fingerprint density at radius 3 is 1.17 bits per heavy atom. The van der Waals surface area contributed by atoms with Crippen molar-refractivity contribution in [2.24, 2.45) is 0 Å². The molecular formula is Cs2IO2P. The monoisotopic (exact) mass is 456 g/mol. The van der Waals surface area contributed by atoms with E-state index in [0.717, 1.165) is 0 Å². The van der Waals surface area contributed by atoms with Gasteiger partial charge in [-0.2, -0.15) is 0 Å². The molecule has 0 unspecified atom stereocenters. The molecule has 0 aromatic rings. The van der Waals surface area contributed by atoms with E-state index in [-0.39, 0.29) is 138 Å². The van der Waals surface area contributed by atoms with Gasteiger partial charge in [-0.3, -0.25) is 0 Å². The van der Waals surface area contributed by atoms with E-state index >= 15 is 0 Å². The van der Waals surface area contributed by atoms with Crippen LogP contribution < -0.4 is 148 Å². The maximum absolute atomic E-state index is 9.02. The quantitative estimate of drug-likeness (QED) is 0.269. The van der Waals surface area contributed by atoms with Crippen LogP contribution in [0, 0.1) is 0 Å². The molecule has 0 amide bonds. The summed E-state index contributed by atoms with van der Waals surface area (Å²) < 4.78 is 0. The van der Waals surface area contributed by atoms with Crippen molar-refractivity contribution in [1.29, 1.82) is 0 Å². The predicted octanol–water partition coefficient (Wildman–Crippen LogP) is -6.62. The summed E-state index contributed by atoms with van der Waals surface area (Å²) in [7, 11) is 0. The SMILES string of the molecule is [Cs+].[Cs+].[O-]P([O-])I. The Morgan fingerprint density at radius 2 is 1.17 bits per heavy atom. The van der Waals surface area contributed by atoms with Crippen molar-refractivity contribution in [3.8, 4) is 0 Å². The largest absolute Gasteiger partial charge is 1.00 e. The molecule has 0 atom stereocenters. The minimum atomic E-state index is -2.15. The third-order valence-electron chi connectivity index (χ3n) is 0. The van der Waals surface area contributed by atoms with Crippen LogP contribution in [0.5, 0.6) is 0 Å². The molecule has 0 aromatic heterocycles. The molecule has 0 N–H and O–H groups in total. The van der Waals surface area contributed by atoms with Gasteiger partial charge in [-0.15, -0.1) is 0 Å². The molecule has 0 spiro atoms. The number of hydrogen-bond donors (Lipinski definition) is 0. The fourth-order valence-corrected chi connectivity index (χ4v) is 0. The summed E-state index contributed by atoms with van der Waals surface area (Å²) in [6.45, 7) is 0. The van der Waals surface area contributed by atoms with Crippen LogP contribution in [-0.4, -0.2) is 0 Å². The predicted molar refractivity (Wildman–Crippen MR) is 20.9 cm³/mol. The average molecular weight is 456 g/mol. The molecule has 0 aromatic carbocycles. The molecule has 0 saturated carbocycles. The first-order valence-electron chi connectivity index (χ1n) is 0.534. The normalized spacial score (nSPS) is 6.00. The van der Waals surface area contributed by atoms with Gasteiger partial charge in [0.2, 0.25) is 0 Å². The Kier molecular flexibility index (Phi) is 37.0. The molecule has 0 aliphatic heterocycles. The van der Waals surface area contributed by atoms with E-state index in [1.165, 1.54) is 22.0 Å². The van der Waals surface area contributed by atoms with Gasteiger partial charge in [0, 0.05) is 0 Å². The molecule has 6 heteroatoms. The third-order valence-corrected chi connectivity index (χ3v) is 0. The van der Waals surface area contributed by atoms with E-state index in [2.05, 4.69) is 0 Å². The summed E-state index contributed by atoms with van der Waals surface area (Å²) in [5.41, 5.74) is 0. The molecule has 6 heavy (non-hydrogen) atoms. The van der Waals surface area contributed by atoms with Gasteiger partial charge in [-0.05, 0) is 0 Å². The van der Waals surface area contributed by atoms with Gasteiger partial charge in [0.05, 0.1) is 0 Å². The van der Waals surface area contributed by atoms with Crippen LogP contribution in [0.1, 0.15) is 0 Å². The minimum absolute atomic E-state index is 0. The molecule has 0 heterocycles. The Morgan fingerprint density at radius 1 is 1.17 bits per heavy atom. The summed E-state index contributed by atoms with van der Waals surface area (Å²) in [4.78, 5) is 18.0. The van der Waals surface area contributed by atoms with E-state index in [1.54, 1.807) is 0 Å². The topological polar surface area (TPSA) is 46.1 Å². The first kappa shape index (κ1) is 17.3. The molecule has 0 aliphatic rings. The second-order valence-corrected chi connectivity index (χ2v) is 3.00. The van der Waals surface area contributed by atoms with E-state index < -0.39 is 6.02 Å². The number of halogens is 1. The summed E-state index contributed by atoms with van der Waals surface area (Å²) in [5.74, 6) is 0. The van der Waals surface area contributed by atoms with E-state index in [0.29, 0.717) is 0 Å². The zero-order valence-electron chi connectivity index (χ0n) is 3.64. The van der Waals surface area contributed by atoms with Gasteiger partial charge in [0.25, 0.3) is 0 Å². The van der Waals surface area contributed by atoms with Gasteiger partial charge >= 0.3 is 138 Å². The van der Waals surface area contributed by atoms with Crippen LogP contribution in [0.2, 0.25) is 0 Å². The fraction of sp³-hybridized carbons (Fsp3) is 0. The van der Waals surface area contributed by atoms with Gasteiger partial charge in [0.1, 0.15) is 0 Å². The summed E-state index contributed by atoms with van der Waals surface area (Å²) in [5, 5.41) is 0. The van der Waals surface area contributed by atoms with Crippen LogP contribution in [0.3, 0.4) is 0 Å². The maximum atomic E-state index is 9.02. The first-order chi connectivity index (χ1) is 1.73. The fourth-order valence-electron chi connectivity index (χ4n) is 0. The van der Waals surface area contributed by atoms with Gasteiger partial charge < -0.3 is 9.79 Å². The first-order valence-corrected chi connectivity index (χ1v) is 4.50. The number of rotatable bonds is 0. The molecular weight excluding hydrogens is 456 g/mol. The Labute approximate surface area is 169 Å². The van der Waals surface area contributed by atoms with E-state index in [4.69, 9.17) is 9.79 Å². The van der Waals surface area contributed by atoms with Crippen molar-refractivity contribution < 1.29 is 148 Å². The maximum Gasteiger partial charge on any atom is 1.00 e. The van der Waals surface area contributed by atoms with Gasteiger partial charge in [-0.25, -0.2) is 6.02 Å². The zero-order chi connectivity index (χ0) is 3.58. The molecule has 0 rings (SSSR count). The Bertz CT molecular complexity index is 16.3. The second-order valence-electron chi connectivity index (χ2n) is 0.213. The van der Waals surface area contributed by atoms with Crippen LogP contribution in [0.15, 0.2) is 0 Å². The van der Waals surface area contributed by atoms with Crippen LogP contribution in [0.4, 0.5) is 0 Å². The molecule has 0 bridgehead atoms. The Hall–Kier alpha value is 5.18. The second kappa shape index (κ2) is 12.8. The molecule has 2 nitrogen and oxygen atoms in total. The van der Waals surface area contributed by atoms with Crippen molar-refractivity contribution in [1.82, 2.24) is 0 Å². The average Bonchev–Trinajstić information content (AvgIpc) is 0.811. The van der Waals surface area contributed by atoms with E-state index in [1.807, 2.05) is 0 Å². The Balaban J connectivity index is -0.0000000450. The molecule has 0 saturated heterocycles. The third kappa shape index (κ3) is 22.9. The van der Waals surface area contributed by atoms with Crippen LogP contribution in [0.25, 0.3) is 0 Å². The van der Waals surface area contributed by atoms with Gasteiger partial charge in [-0.1, -0.05) is 22.0 Å². The van der Waals surface area contributed by atoms with Crippen molar-refractivity contribution in [2.75, 3.05) is 0 Å². The number of hydrogen-bond acceptors (Lipinski definition) is 2. The molecule has 0 aliphatic carbocycles. The van der Waals surface area contributed by atoms with Crippen molar-refractivity contribution in [3.63, 3.8) is 0 Å². The van der Waals surface area contributed by atoms with Crippen molar-refractivity contribution in [2.45, 2.75) is 0 Å². The molecule has 26 valence electrons. The van der Waals surface area contributed by atoms with Crippen LogP contribution in [-0.2, 0) is 0 Å². The van der Waals surface area contributed by atoms with Crippen molar-refractivity contribution >= 4 is 28.1 Å². The summed E-state index contributed by atoms with van der Waals surface area (Å²) in [6, 6.07) is -2.15. The zero-order valence-corrected chi connectivity index (χ0v) is 19.3. The van der Waals surface area contributed by atoms with Gasteiger partial charge in [0.15, 0.2) is 0 Å².